The zero-order chi connectivity index (χ0) is 15.0. The summed E-state index contributed by atoms with van der Waals surface area (Å²) in [7, 11) is 0. The second-order valence-electron chi connectivity index (χ2n) is 5.56. The number of morpholine rings is 1. The van der Waals surface area contributed by atoms with E-state index in [9.17, 15) is 0 Å². The third kappa shape index (κ3) is 2.93. The number of halogens is 2. The minimum Gasteiger partial charge on any atom is -0.372 e. The fraction of sp³-hybridized carbons (Fsp3) is 0.467. The lowest BCUT2D eigenvalue weighted by molar-refractivity contribution is -0.0443. The standard InChI is InChI=1S/C15H17Cl2N3O/c1-3-15(2)9-20(4-5-21-15)14-8-18-12-6-10(16)11(17)7-13(12)19-14/h6-8H,3-5,9H2,1-2H3. The lowest BCUT2D eigenvalue weighted by Crippen LogP contribution is -2.50. The summed E-state index contributed by atoms with van der Waals surface area (Å²) >= 11 is 12.1. The first-order valence-electron chi connectivity index (χ1n) is 7.01. The van der Waals surface area contributed by atoms with Gasteiger partial charge in [0.1, 0.15) is 5.82 Å². The van der Waals surface area contributed by atoms with Gasteiger partial charge in [0.25, 0.3) is 0 Å². The van der Waals surface area contributed by atoms with E-state index in [0.717, 1.165) is 36.4 Å². The van der Waals surface area contributed by atoms with Crippen molar-refractivity contribution in [3.63, 3.8) is 0 Å². The summed E-state index contributed by atoms with van der Waals surface area (Å²) in [5.41, 5.74) is 1.37. The molecule has 1 saturated heterocycles. The van der Waals surface area contributed by atoms with Crippen molar-refractivity contribution in [1.29, 1.82) is 0 Å². The average molecular weight is 326 g/mol. The molecule has 1 atom stereocenters. The van der Waals surface area contributed by atoms with Gasteiger partial charge in [0.2, 0.25) is 0 Å². The Balaban J connectivity index is 1.95. The Morgan fingerprint density at radius 2 is 2.00 bits per heavy atom. The molecule has 0 spiro atoms. The van der Waals surface area contributed by atoms with Crippen LogP contribution in [-0.4, -0.2) is 35.3 Å². The molecule has 21 heavy (non-hydrogen) atoms. The molecule has 0 aliphatic carbocycles. The van der Waals surface area contributed by atoms with Crippen molar-refractivity contribution in [2.24, 2.45) is 0 Å². The highest BCUT2D eigenvalue weighted by Gasteiger charge is 2.31. The van der Waals surface area contributed by atoms with Crippen LogP contribution in [0.3, 0.4) is 0 Å². The minimum absolute atomic E-state index is 0.132. The van der Waals surface area contributed by atoms with Gasteiger partial charge in [-0.05, 0) is 25.5 Å². The first kappa shape index (κ1) is 14.8. The van der Waals surface area contributed by atoms with Gasteiger partial charge < -0.3 is 9.64 Å². The summed E-state index contributed by atoms with van der Waals surface area (Å²) in [5, 5.41) is 0.993. The Labute approximate surface area is 134 Å². The van der Waals surface area contributed by atoms with Crippen molar-refractivity contribution in [3.8, 4) is 0 Å². The van der Waals surface area contributed by atoms with Crippen LogP contribution in [0.25, 0.3) is 11.0 Å². The van der Waals surface area contributed by atoms with Crippen LogP contribution in [0.2, 0.25) is 10.0 Å². The Hall–Kier alpha value is -1.10. The molecule has 6 heteroatoms. The molecular formula is C15H17Cl2N3O. The SMILES string of the molecule is CCC1(C)CN(c2cnc3cc(Cl)c(Cl)cc3n2)CCO1. The number of anilines is 1. The molecule has 1 aliphatic rings. The lowest BCUT2D eigenvalue weighted by atomic mass is 10.0. The predicted octanol–water partition coefficient (Wildman–Crippen LogP) is 3.94. The van der Waals surface area contributed by atoms with Crippen LogP contribution >= 0.6 is 23.2 Å². The van der Waals surface area contributed by atoms with Gasteiger partial charge in [-0.25, -0.2) is 4.98 Å². The van der Waals surface area contributed by atoms with Crippen molar-refractivity contribution in [2.45, 2.75) is 25.9 Å². The van der Waals surface area contributed by atoms with E-state index in [1.807, 2.05) is 0 Å². The molecule has 1 unspecified atom stereocenters. The van der Waals surface area contributed by atoms with Crippen LogP contribution < -0.4 is 4.90 Å². The summed E-state index contributed by atoms with van der Waals surface area (Å²) < 4.78 is 5.86. The fourth-order valence-corrected chi connectivity index (χ4v) is 2.81. The monoisotopic (exact) mass is 325 g/mol. The molecule has 0 saturated carbocycles. The van der Waals surface area contributed by atoms with Gasteiger partial charge in [0.05, 0.1) is 39.5 Å². The van der Waals surface area contributed by atoms with E-state index in [0.29, 0.717) is 16.7 Å². The van der Waals surface area contributed by atoms with E-state index in [4.69, 9.17) is 27.9 Å². The predicted molar refractivity (Wildman–Crippen MR) is 86.4 cm³/mol. The summed E-state index contributed by atoms with van der Waals surface area (Å²) in [6.07, 6.45) is 2.75. The van der Waals surface area contributed by atoms with Gasteiger partial charge in [-0.1, -0.05) is 30.1 Å². The number of hydrogen-bond donors (Lipinski definition) is 0. The number of aromatic nitrogens is 2. The minimum atomic E-state index is -0.132. The molecule has 1 fully saturated rings. The molecule has 0 bridgehead atoms. The van der Waals surface area contributed by atoms with Crippen LogP contribution in [-0.2, 0) is 4.74 Å². The molecule has 0 radical (unpaired) electrons. The summed E-state index contributed by atoms with van der Waals surface area (Å²) in [6, 6.07) is 3.50. The average Bonchev–Trinajstić information content (AvgIpc) is 2.48. The van der Waals surface area contributed by atoms with Crippen LogP contribution in [0.15, 0.2) is 18.3 Å². The summed E-state index contributed by atoms with van der Waals surface area (Å²) in [5.74, 6) is 0.851. The van der Waals surface area contributed by atoms with Gasteiger partial charge in [-0.3, -0.25) is 4.98 Å². The zero-order valence-electron chi connectivity index (χ0n) is 12.1. The van der Waals surface area contributed by atoms with E-state index in [1.165, 1.54) is 0 Å². The third-order valence-electron chi connectivity index (χ3n) is 3.98. The molecule has 112 valence electrons. The molecule has 1 aliphatic heterocycles. The summed E-state index contributed by atoms with van der Waals surface area (Å²) in [4.78, 5) is 11.3. The quantitative estimate of drug-likeness (QED) is 0.838. The van der Waals surface area contributed by atoms with Crippen LogP contribution in [0.1, 0.15) is 20.3 Å². The Morgan fingerprint density at radius 1 is 1.29 bits per heavy atom. The van der Waals surface area contributed by atoms with E-state index in [2.05, 4.69) is 28.7 Å². The van der Waals surface area contributed by atoms with Crippen LogP contribution in [0.5, 0.6) is 0 Å². The smallest absolute Gasteiger partial charge is 0.148 e. The van der Waals surface area contributed by atoms with E-state index in [-0.39, 0.29) is 5.60 Å². The molecule has 1 aromatic carbocycles. The maximum absolute atomic E-state index is 6.06. The third-order valence-corrected chi connectivity index (χ3v) is 4.70. The molecule has 0 N–H and O–H groups in total. The maximum atomic E-state index is 6.06. The number of fused-ring (bicyclic) bond motifs is 1. The maximum Gasteiger partial charge on any atom is 0.148 e. The van der Waals surface area contributed by atoms with E-state index in [1.54, 1.807) is 18.3 Å². The second-order valence-corrected chi connectivity index (χ2v) is 6.37. The Bertz CT molecular complexity index is 679. The Morgan fingerprint density at radius 3 is 2.71 bits per heavy atom. The number of benzene rings is 1. The second kappa shape index (κ2) is 5.59. The van der Waals surface area contributed by atoms with Gasteiger partial charge in [0.15, 0.2) is 0 Å². The Kier molecular flexibility index (Phi) is 3.95. The zero-order valence-corrected chi connectivity index (χ0v) is 13.6. The van der Waals surface area contributed by atoms with Crippen LogP contribution in [0.4, 0.5) is 5.82 Å². The lowest BCUT2D eigenvalue weighted by Gasteiger charge is -2.40. The van der Waals surface area contributed by atoms with E-state index < -0.39 is 0 Å². The van der Waals surface area contributed by atoms with Crippen molar-refractivity contribution < 1.29 is 4.74 Å². The van der Waals surface area contributed by atoms with Gasteiger partial charge >= 0.3 is 0 Å². The fourth-order valence-electron chi connectivity index (χ4n) is 2.49. The normalized spacial score (nSPS) is 22.8. The van der Waals surface area contributed by atoms with Crippen molar-refractivity contribution in [1.82, 2.24) is 9.97 Å². The molecule has 3 rings (SSSR count). The molecule has 2 heterocycles. The molecule has 2 aromatic rings. The highest BCUT2D eigenvalue weighted by Crippen LogP contribution is 2.28. The summed E-state index contributed by atoms with van der Waals surface area (Å²) in [6.45, 7) is 6.59. The van der Waals surface area contributed by atoms with Gasteiger partial charge in [-0.15, -0.1) is 0 Å². The molecule has 1 aromatic heterocycles. The number of ether oxygens (including phenoxy) is 1. The van der Waals surface area contributed by atoms with E-state index >= 15 is 0 Å². The van der Waals surface area contributed by atoms with Crippen LogP contribution in [0, 0.1) is 0 Å². The largest absolute Gasteiger partial charge is 0.372 e. The van der Waals surface area contributed by atoms with Gasteiger partial charge in [0, 0.05) is 13.1 Å². The first-order valence-corrected chi connectivity index (χ1v) is 7.77. The number of nitrogens with zero attached hydrogens (tertiary/aromatic N) is 3. The highest BCUT2D eigenvalue weighted by atomic mass is 35.5. The topological polar surface area (TPSA) is 38.2 Å². The van der Waals surface area contributed by atoms with Crippen molar-refractivity contribution in [3.05, 3.63) is 28.4 Å². The number of hydrogen-bond acceptors (Lipinski definition) is 4. The first-order chi connectivity index (χ1) is 10.0. The molecule has 0 amide bonds. The molecule has 4 nitrogen and oxygen atoms in total. The van der Waals surface area contributed by atoms with Crippen molar-refractivity contribution >= 4 is 40.1 Å². The number of rotatable bonds is 2. The highest BCUT2D eigenvalue weighted by molar-refractivity contribution is 6.42. The molecular weight excluding hydrogens is 309 g/mol. The van der Waals surface area contributed by atoms with Crippen molar-refractivity contribution in [2.75, 3.05) is 24.6 Å². The van der Waals surface area contributed by atoms with Gasteiger partial charge in [-0.2, -0.15) is 0 Å².